The van der Waals surface area contributed by atoms with Gasteiger partial charge in [-0.15, -0.1) is 12.3 Å². The number of carbonyl (C=O) groups excluding carboxylic acids is 1. The molecule has 1 amide bonds. The van der Waals surface area contributed by atoms with E-state index in [1.165, 1.54) is 0 Å². The van der Waals surface area contributed by atoms with Crippen molar-refractivity contribution in [2.24, 2.45) is 5.92 Å². The SMILES string of the molecule is C#CCC1Cc2cc(N)cc(C)c2NC1=O. The lowest BCUT2D eigenvalue weighted by molar-refractivity contribution is -0.120. The zero-order valence-electron chi connectivity index (χ0n) is 9.21. The predicted octanol–water partition coefficient (Wildman–Crippen LogP) is 1.71. The van der Waals surface area contributed by atoms with Gasteiger partial charge in [-0.05, 0) is 36.6 Å². The molecule has 2 rings (SSSR count). The van der Waals surface area contributed by atoms with Gasteiger partial charge in [0.25, 0.3) is 0 Å². The lowest BCUT2D eigenvalue weighted by atomic mass is 9.89. The zero-order valence-corrected chi connectivity index (χ0v) is 9.21. The Labute approximate surface area is 95.0 Å². The molecule has 3 nitrogen and oxygen atoms in total. The minimum Gasteiger partial charge on any atom is -0.399 e. The quantitative estimate of drug-likeness (QED) is 0.552. The Hall–Kier alpha value is -1.95. The average Bonchev–Trinajstić information content (AvgIpc) is 2.21. The predicted molar refractivity (Wildman–Crippen MR) is 64.9 cm³/mol. The molecule has 1 aliphatic heterocycles. The van der Waals surface area contributed by atoms with Gasteiger partial charge < -0.3 is 11.1 Å². The summed E-state index contributed by atoms with van der Waals surface area (Å²) in [4.78, 5) is 11.7. The molecule has 3 heteroatoms. The molecular formula is C13H14N2O. The van der Waals surface area contributed by atoms with Crippen LogP contribution in [-0.2, 0) is 11.2 Å². The van der Waals surface area contributed by atoms with Crippen LogP contribution in [0, 0.1) is 25.2 Å². The van der Waals surface area contributed by atoms with Crippen molar-refractivity contribution in [2.75, 3.05) is 11.1 Å². The zero-order chi connectivity index (χ0) is 11.7. The Morgan fingerprint density at radius 3 is 3.06 bits per heavy atom. The van der Waals surface area contributed by atoms with Gasteiger partial charge in [0, 0.05) is 17.8 Å². The summed E-state index contributed by atoms with van der Waals surface area (Å²) in [7, 11) is 0. The van der Waals surface area contributed by atoms with Crippen molar-refractivity contribution in [3.8, 4) is 12.3 Å². The first kappa shape index (κ1) is 10.6. The van der Waals surface area contributed by atoms with E-state index in [-0.39, 0.29) is 11.8 Å². The molecule has 1 atom stereocenters. The first-order chi connectivity index (χ1) is 7.61. The number of rotatable bonds is 1. The van der Waals surface area contributed by atoms with E-state index in [1.807, 2.05) is 19.1 Å². The maximum absolute atomic E-state index is 11.7. The first-order valence-corrected chi connectivity index (χ1v) is 5.25. The normalized spacial score (nSPS) is 18.5. The van der Waals surface area contributed by atoms with Gasteiger partial charge in [-0.2, -0.15) is 0 Å². The van der Waals surface area contributed by atoms with Crippen LogP contribution in [0.4, 0.5) is 11.4 Å². The first-order valence-electron chi connectivity index (χ1n) is 5.25. The highest BCUT2D eigenvalue weighted by molar-refractivity contribution is 5.97. The van der Waals surface area contributed by atoms with Gasteiger partial charge in [0.15, 0.2) is 0 Å². The molecule has 0 saturated carbocycles. The largest absolute Gasteiger partial charge is 0.399 e. The Kier molecular flexibility index (Phi) is 2.57. The van der Waals surface area contributed by atoms with E-state index in [0.717, 1.165) is 22.5 Å². The van der Waals surface area contributed by atoms with Gasteiger partial charge in [0.1, 0.15) is 0 Å². The van der Waals surface area contributed by atoms with Crippen molar-refractivity contribution in [1.29, 1.82) is 0 Å². The van der Waals surface area contributed by atoms with E-state index in [9.17, 15) is 4.79 Å². The van der Waals surface area contributed by atoms with Gasteiger partial charge in [-0.3, -0.25) is 4.79 Å². The summed E-state index contributed by atoms with van der Waals surface area (Å²) in [6, 6.07) is 3.77. The van der Waals surface area contributed by atoms with E-state index in [4.69, 9.17) is 12.2 Å². The molecular weight excluding hydrogens is 200 g/mol. The molecule has 82 valence electrons. The second-order valence-corrected chi connectivity index (χ2v) is 4.17. The monoisotopic (exact) mass is 214 g/mol. The van der Waals surface area contributed by atoms with Crippen LogP contribution in [0.25, 0.3) is 0 Å². The summed E-state index contributed by atoms with van der Waals surface area (Å²) in [5.41, 5.74) is 9.49. The lowest BCUT2D eigenvalue weighted by Gasteiger charge is -2.25. The standard InChI is InChI=1S/C13H14N2O/c1-3-4-9-6-10-7-11(14)5-8(2)12(10)15-13(9)16/h1,5,7,9H,4,6,14H2,2H3,(H,15,16). The summed E-state index contributed by atoms with van der Waals surface area (Å²) in [6.07, 6.45) is 6.40. The Balaban J connectivity index is 2.40. The molecule has 3 N–H and O–H groups in total. The highest BCUT2D eigenvalue weighted by Crippen LogP contribution is 2.31. The van der Waals surface area contributed by atoms with E-state index < -0.39 is 0 Å². The molecule has 0 saturated heterocycles. The third-order valence-electron chi connectivity index (χ3n) is 2.89. The van der Waals surface area contributed by atoms with E-state index in [0.29, 0.717) is 12.8 Å². The maximum Gasteiger partial charge on any atom is 0.228 e. The van der Waals surface area contributed by atoms with Gasteiger partial charge in [0.05, 0.1) is 5.92 Å². The molecule has 1 unspecified atom stereocenters. The van der Waals surface area contributed by atoms with Crippen LogP contribution in [-0.4, -0.2) is 5.91 Å². The van der Waals surface area contributed by atoms with Crippen molar-refractivity contribution in [1.82, 2.24) is 0 Å². The van der Waals surface area contributed by atoms with Crippen molar-refractivity contribution < 1.29 is 4.79 Å². The topological polar surface area (TPSA) is 55.1 Å². The van der Waals surface area contributed by atoms with Crippen LogP contribution in [0.15, 0.2) is 12.1 Å². The number of anilines is 2. The molecule has 16 heavy (non-hydrogen) atoms. The lowest BCUT2D eigenvalue weighted by Crippen LogP contribution is -2.30. The number of nitrogens with two attached hydrogens (primary N) is 1. The number of fused-ring (bicyclic) bond motifs is 1. The summed E-state index contributed by atoms with van der Waals surface area (Å²) < 4.78 is 0. The fraction of sp³-hybridized carbons (Fsp3) is 0.308. The molecule has 1 heterocycles. The van der Waals surface area contributed by atoms with Crippen LogP contribution in [0.3, 0.4) is 0 Å². The second-order valence-electron chi connectivity index (χ2n) is 4.17. The summed E-state index contributed by atoms with van der Waals surface area (Å²) >= 11 is 0. The Bertz CT molecular complexity index is 485. The average molecular weight is 214 g/mol. The number of hydrogen-bond donors (Lipinski definition) is 2. The molecule has 0 radical (unpaired) electrons. The fourth-order valence-electron chi connectivity index (χ4n) is 2.12. The van der Waals surface area contributed by atoms with Crippen LogP contribution in [0.1, 0.15) is 17.5 Å². The van der Waals surface area contributed by atoms with Gasteiger partial charge in [-0.1, -0.05) is 0 Å². The van der Waals surface area contributed by atoms with Crippen LogP contribution >= 0.6 is 0 Å². The highest BCUT2D eigenvalue weighted by atomic mass is 16.1. The molecule has 0 aromatic heterocycles. The van der Waals surface area contributed by atoms with Gasteiger partial charge >= 0.3 is 0 Å². The number of nitrogen functional groups attached to an aromatic ring is 1. The fourth-order valence-corrected chi connectivity index (χ4v) is 2.12. The molecule has 1 aliphatic rings. The maximum atomic E-state index is 11.7. The number of terminal acetylenes is 1. The van der Waals surface area contributed by atoms with Gasteiger partial charge in [0.2, 0.25) is 5.91 Å². The van der Waals surface area contributed by atoms with E-state index in [1.54, 1.807) is 0 Å². The molecule has 0 spiro atoms. The number of nitrogens with one attached hydrogen (secondary N) is 1. The Morgan fingerprint density at radius 2 is 2.38 bits per heavy atom. The number of hydrogen-bond acceptors (Lipinski definition) is 2. The van der Waals surface area contributed by atoms with Crippen molar-refractivity contribution >= 4 is 17.3 Å². The van der Waals surface area contributed by atoms with Gasteiger partial charge in [-0.25, -0.2) is 0 Å². The highest BCUT2D eigenvalue weighted by Gasteiger charge is 2.26. The molecule has 1 aromatic carbocycles. The smallest absolute Gasteiger partial charge is 0.228 e. The van der Waals surface area contributed by atoms with Crippen LogP contribution < -0.4 is 11.1 Å². The van der Waals surface area contributed by atoms with Crippen molar-refractivity contribution in [3.63, 3.8) is 0 Å². The minimum atomic E-state index is -0.126. The van der Waals surface area contributed by atoms with Crippen LogP contribution in [0.5, 0.6) is 0 Å². The minimum absolute atomic E-state index is 0.0123. The molecule has 1 aromatic rings. The van der Waals surface area contributed by atoms with Crippen molar-refractivity contribution in [3.05, 3.63) is 23.3 Å². The van der Waals surface area contributed by atoms with Crippen LogP contribution in [0.2, 0.25) is 0 Å². The summed E-state index contributed by atoms with van der Waals surface area (Å²) in [5, 5.41) is 2.90. The van der Waals surface area contributed by atoms with E-state index >= 15 is 0 Å². The summed E-state index contributed by atoms with van der Waals surface area (Å²) in [5.74, 6) is 2.42. The molecule has 0 bridgehead atoms. The Morgan fingerprint density at radius 1 is 1.62 bits per heavy atom. The molecule has 0 fully saturated rings. The molecule has 0 aliphatic carbocycles. The van der Waals surface area contributed by atoms with E-state index in [2.05, 4.69) is 11.2 Å². The third-order valence-corrected chi connectivity index (χ3v) is 2.89. The summed E-state index contributed by atoms with van der Waals surface area (Å²) in [6.45, 7) is 1.94. The number of carbonyl (C=O) groups is 1. The third kappa shape index (κ3) is 1.74. The number of benzene rings is 1. The van der Waals surface area contributed by atoms with Crippen molar-refractivity contribution in [2.45, 2.75) is 19.8 Å². The number of amides is 1. The second kappa shape index (κ2) is 3.90. The number of aryl methyl sites for hydroxylation is 1.